The van der Waals surface area contributed by atoms with Crippen LogP contribution in [0.2, 0.25) is 0 Å². The molecule has 0 aliphatic carbocycles. The van der Waals surface area contributed by atoms with Crippen molar-refractivity contribution in [2.24, 2.45) is 5.92 Å². The third-order valence-electron chi connectivity index (χ3n) is 9.98. The van der Waals surface area contributed by atoms with E-state index < -0.39 is 6.29 Å². The highest BCUT2D eigenvalue weighted by Gasteiger charge is 2.39. The third-order valence-corrected chi connectivity index (χ3v) is 9.98. The van der Waals surface area contributed by atoms with Gasteiger partial charge in [-0.2, -0.15) is 0 Å². The number of hydrogen-bond donors (Lipinski definition) is 1. The fraction of sp³-hybridized carbons (Fsp3) is 0.268. The Labute approximate surface area is 281 Å². The molecule has 5 aromatic rings. The summed E-state index contributed by atoms with van der Waals surface area (Å²) < 4.78 is 13.4. The Morgan fingerprint density at radius 2 is 1.35 bits per heavy atom. The topological polar surface area (TPSA) is 79.3 Å². The van der Waals surface area contributed by atoms with Gasteiger partial charge < -0.3 is 14.6 Å². The minimum Gasteiger partial charge on any atom is -0.392 e. The van der Waals surface area contributed by atoms with Crippen LogP contribution < -0.4 is 0 Å². The van der Waals surface area contributed by atoms with Gasteiger partial charge in [-0.3, -0.25) is 19.4 Å². The number of amides is 2. The number of nitrogens with zero attached hydrogens (tertiary/aromatic N) is 2. The maximum absolute atomic E-state index is 12.9. The van der Waals surface area contributed by atoms with Gasteiger partial charge in [0, 0.05) is 24.1 Å². The van der Waals surface area contributed by atoms with Crippen molar-refractivity contribution in [2.75, 3.05) is 13.6 Å². The number of imide groups is 1. The summed E-state index contributed by atoms with van der Waals surface area (Å²) in [5, 5.41) is 12.1. The van der Waals surface area contributed by atoms with Crippen molar-refractivity contribution in [3.05, 3.63) is 154 Å². The number of aliphatic hydroxyl groups is 1. The molecule has 0 unspecified atom stereocenters. The summed E-state index contributed by atoms with van der Waals surface area (Å²) in [7, 11) is 2.14. The number of carbonyl (C=O) groups excluding carboxylic acids is 2. The first-order valence-electron chi connectivity index (χ1n) is 16.5. The molecule has 2 aliphatic heterocycles. The second kappa shape index (κ2) is 13.5. The molecule has 0 radical (unpaired) electrons. The molecule has 0 spiro atoms. The van der Waals surface area contributed by atoms with Crippen molar-refractivity contribution in [2.45, 2.75) is 51.5 Å². The van der Waals surface area contributed by atoms with Gasteiger partial charge in [-0.25, -0.2) is 0 Å². The van der Waals surface area contributed by atoms with Gasteiger partial charge in [-0.05, 0) is 65.2 Å². The SMILES string of the molecule is C[C@@H]1[C@H](CN(C)[C@H](C)c2ccc3ccccc3c2)O[C@H](c2ccc(CN3C(=O)c4ccccc4C3=O)cc2)O[C@@H]1c1ccc(CO)cc1. The zero-order valence-electron chi connectivity index (χ0n) is 27.5. The van der Waals surface area contributed by atoms with Crippen LogP contribution in [0.4, 0.5) is 0 Å². The smallest absolute Gasteiger partial charge is 0.261 e. The Morgan fingerprint density at radius 1 is 0.750 bits per heavy atom. The van der Waals surface area contributed by atoms with Crippen molar-refractivity contribution in [1.82, 2.24) is 9.80 Å². The summed E-state index contributed by atoms with van der Waals surface area (Å²) in [5.41, 5.74) is 5.73. The molecule has 0 aromatic heterocycles. The number of benzene rings is 5. The zero-order chi connectivity index (χ0) is 33.4. The van der Waals surface area contributed by atoms with Crippen LogP contribution in [0.3, 0.4) is 0 Å². The van der Waals surface area contributed by atoms with Gasteiger partial charge in [0.25, 0.3) is 11.8 Å². The lowest BCUT2D eigenvalue weighted by molar-refractivity contribution is -0.276. The first-order chi connectivity index (χ1) is 23.3. The van der Waals surface area contributed by atoms with Gasteiger partial charge in [0.15, 0.2) is 6.29 Å². The normalized spacial score (nSPS) is 21.6. The number of aliphatic hydroxyl groups excluding tert-OH is 1. The lowest BCUT2D eigenvalue weighted by Crippen LogP contribution is -2.44. The molecule has 48 heavy (non-hydrogen) atoms. The standard InChI is InChI=1S/C41H40N2O5/c1-26-37(24-42(3)27(2)33-21-20-30-8-4-5-9-34(30)22-33)47-41(48-38(26)31-16-14-29(25-44)15-17-31)32-18-12-28(13-19-32)23-43-39(45)35-10-6-7-11-36(35)40(43)46/h4-22,26-27,37-38,41,44H,23-25H2,1-3H3/t26-,27-,37+,38+,41+/m1/s1. The molecular formula is C41H40N2O5. The molecule has 7 nitrogen and oxygen atoms in total. The molecule has 0 saturated carbocycles. The Balaban J connectivity index is 1.11. The summed E-state index contributed by atoms with van der Waals surface area (Å²) in [4.78, 5) is 29.5. The van der Waals surface area contributed by atoms with Crippen LogP contribution in [-0.4, -0.2) is 46.4 Å². The van der Waals surface area contributed by atoms with Gasteiger partial charge in [0.1, 0.15) is 0 Å². The van der Waals surface area contributed by atoms with Gasteiger partial charge >= 0.3 is 0 Å². The summed E-state index contributed by atoms with van der Waals surface area (Å²) in [6, 6.07) is 37.9. The molecule has 1 saturated heterocycles. The molecule has 2 aliphatic rings. The molecule has 0 bridgehead atoms. The molecule has 1 N–H and O–H groups in total. The van der Waals surface area contributed by atoms with Gasteiger partial charge in [0.2, 0.25) is 0 Å². The van der Waals surface area contributed by atoms with Crippen LogP contribution in [0.1, 0.15) is 80.8 Å². The Morgan fingerprint density at radius 3 is 2.02 bits per heavy atom. The Kier molecular flexibility index (Phi) is 8.94. The molecule has 7 rings (SSSR count). The second-order valence-electron chi connectivity index (χ2n) is 13.0. The molecule has 7 heteroatoms. The highest BCUT2D eigenvalue weighted by molar-refractivity contribution is 6.21. The van der Waals surface area contributed by atoms with E-state index in [0.29, 0.717) is 17.7 Å². The van der Waals surface area contributed by atoms with Crippen LogP contribution in [0, 0.1) is 5.92 Å². The van der Waals surface area contributed by atoms with E-state index in [1.54, 1.807) is 24.3 Å². The maximum Gasteiger partial charge on any atom is 0.261 e. The predicted molar refractivity (Wildman–Crippen MR) is 185 cm³/mol. The van der Waals surface area contributed by atoms with Crippen molar-refractivity contribution < 1.29 is 24.2 Å². The monoisotopic (exact) mass is 640 g/mol. The van der Waals surface area contributed by atoms with E-state index >= 15 is 0 Å². The first-order valence-corrected chi connectivity index (χ1v) is 16.5. The average molecular weight is 641 g/mol. The number of likely N-dealkylation sites (N-methyl/N-ethyl adjacent to an activating group) is 1. The molecule has 244 valence electrons. The van der Waals surface area contributed by atoms with E-state index in [4.69, 9.17) is 9.47 Å². The summed E-state index contributed by atoms with van der Waals surface area (Å²) in [6.45, 7) is 5.27. The van der Waals surface area contributed by atoms with E-state index in [-0.39, 0.29) is 49.1 Å². The van der Waals surface area contributed by atoms with Gasteiger partial charge in [-0.1, -0.05) is 104 Å². The molecule has 5 atom stereocenters. The second-order valence-corrected chi connectivity index (χ2v) is 13.0. The fourth-order valence-electron chi connectivity index (χ4n) is 6.84. The van der Waals surface area contributed by atoms with Gasteiger partial charge in [-0.15, -0.1) is 0 Å². The van der Waals surface area contributed by atoms with Crippen molar-refractivity contribution in [3.63, 3.8) is 0 Å². The van der Waals surface area contributed by atoms with E-state index in [1.807, 2.05) is 48.5 Å². The first kappa shape index (κ1) is 31.9. The van der Waals surface area contributed by atoms with Crippen molar-refractivity contribution >= 4 is 22.6 Å². The predicted octanol–water partition coefficient (Wildman–Crippen LogP) is 7.61. The van der Waals surface area contributed by atoms with E-state index in [0.717, 1.165) is 22.3 Å². The van der Waals surface area contributed by atoms with Crippen LogP contribution in [0.25, 0.3) is 10.8 Å². The minimum absolute atomic E-state index is 0.0137. The van der Waals surface area contributed by atoms with Crippen LogP contribution >= 0.6 is 0 Å². The lowest BCUT2D eigenvalue weighted by Gasteiger charge is -2.43. The average Bonchev–Trinajstić information content (AvgIpc) is 3.37. The lowest BCUT2D eigenvalue weighted by atomic mass is 9.89. The highest BCUT2D eigenvalue weighted by Crippen LogP contribution is 2.42. The van der Waals surface area contributed by atoms with Crippen molar-refractivity contribution in [3.8, 4) is 0 Å². The number of rotatable bonds is 9. The quantitative estimate of drug-likeness (QED) is 0.167. The zero-order valence-corrected chi connectivity index (χ0v) is 27.5. The third kappa shape index (κ3) is 6.18. The number of fused-ring (bicyclic) bond motifs is 2. The Bertz CT molecular complexity index is 1900. The molecular weight excluding hydrogens is 600 g/mol. The van der Waals surface area contributed by atoms with Crippen LogP contribution in [0.5, 0.6) is 0 Å². The molecule has 1 fully saturated rings. The minimum atomic E-state index is -0.619. The number of hydrogen-bond acceptors (Lipinski definition) is 6. The molecule has 2 amide bonds. The van der Waals surface area contributed by atoms with Crippen LogP contribution in [-0.2, 0) is 22.6 Å². The van der Waals surface area contributed by atoms with Gasteiger partial charge in [0.05, 0.1) is 36.5 Å². The maximum atomic E-state index is 12.9. The largest absolute Gasteiger partial charge is 0.392 e. The van der Waals surface area contributed by atoms with Crippen molar-refractivity contribution in [1.29, 1.82) is 0 Å². The Hall–Kier alpha value is -4.66. The number of ether oxygens (including phenoxy) is 2. The summed E-state index contributed by atoms with van der Waals surface area (Å²) >= 11 is 0. The van der Waals surface area contributed by atoms with E-state index in [1.165, 1.54) is 21.2 Å². The fourth-order valence-corrected chi connectivity index (χ4v) is 6.84. The van der Waals surface area contributed by atoms with E-state index in [2.05, 4.69) is 68.3 Å². The molecule has 2 heterocycles. The summed E-state index contributed by atoms with van der Waals surface area (Å²) in [6.07, 6.45) is -0.993. The number of carbonyl (C=O) groups is 2. The van der Waals surface area contributed by atoms with E-state index in [9.17, 15) is 14.7 Å². The summed E-state index contributed by atoms with van der Waals surface area (Å²) in [5.74, 6) is -0.499. The highest BCUT2D eigenvalue weighted by atomic mass is 16.7. The molecule has 5 aromatic carbocycles. The van der Waals surface area contributed by atoms with Crippen LogP contribution in [0.15, 0.2) is 115 Å².